The number of amides is 1. The fraction of sp³-hybridized carbons (Fsp3) is 0.533. The number of rotatable bonds is 2. The number of aromatic nitrogens is 1. The van der Waals surface area contributed by atoms with Gasteiger partial charge in [-0.2, -0.15) is 0 Å². The van der Waals surface area contributed by atoms with Crippen molar-refractivity contribution >= 4 is 12.1 Å². The van der Waals surface area contributed by atoms with Crippen LogP contribution in [0.15, 0.2) is 18.3 Å². The van der Waals surface area contributed by atoms with Crippen molar-refractivity contribution in [2.75, 3.05) is 13.1 Å². The number of carbonyl (C=O) groups is 2. The van der Waals surface area contributed by atoms with Crippen LogP contribution in [0.25, 0.3) is 0 Å². The maximum absolute atomic E-state index is 13.9. The number of nitrogens with zero attached hydrogens (tertiary/aromatic N) is 2. The lowest BCUT2D eigenvalue weighted by atomic mass is 9.92. The second-order valence-electron chi connectivity index (χ2n) is 6.31. The van der Waals surface area contributed by atoms with E-state index in [2.05, 4.69) is 4.98 Å². The Morgan fingerprint density at radius 1 is 1.41 bits per heavy atom. The number of hydrogen-bond acceptors (Lipinski definition) is 4. The standard InChI is InChI=1S/C15H19FN2O4/c1-15(2,3)22-14(21)18-7-9(10(8-18)13(19)20)12-11(16)5-4-6-17-12/h4-6,9-10H,7-8H2,1-3H3,(H,19,20). The highest BCUT2D eigenvalue weighted by Gasteiger charge is 2.43. The molecular formula is C15H19FN2O4. The highest BCUT2D eigenvalue weighted by molar-refractivity contribution is 5.75. The van der Waals surface area contributed by atoms with Gasteiger partial charge in [0.15, 0.2) is 0 Å². The molecule has 0 bridgehead atoms. The molecule has 2 atom stereocenters. The summed E-state index contributed by atoms with van der Waals surface area (Å²) >= 11 is 0. The number of pyridine rings is 1. The van der Waals surface area contributed by atoms with Crippen LogP contribution in [0.4, 0.5) is 9.18 Å². The van der Waals surface area contributed by atoms with Crippen molar-refractivity contribution in [2.45, 2.75) is 32.3 Å². The second-order valence-corrected chi connectivity index (χ2v) is 6.31. The predicted octanol–water partition coefficient (Wildman–Crippen LogP) is 2.26. The van der Waals surface area contributed by atoms with Crippen LogP contribution in [-0.4, -0.2) is 45.7 Å². The van der Waals surface area contributed by atoms with Crippen LogP contribution in [0.5, 0.6) is 0 Å². The van der Waals surface area contributed by atoms with E-state index >= 15 is 0 Å². The number of halogens is 1. The number of carboxylic acids is 1. The van der Waals surface area contributed by atoms with Crippen molar-refractivity contribution in [3.63, 3.8) is 0 Å². The van der Waals surface area contributed by atoms with E-state index in [-0.39, 0.29) is 18.8 Å². The molecule has 22 heavy (non-hydrogen) atoms. The molecule has 6 nitrogen and oxygen atoms in total. The summed E-state index contributed by atoms with van der Waals surface area (Å²) in [4.78, 5) is 28.7. The Kier molecular flexibility index (Phi) is 4.35. The summed E-state index contributed by atoms with van der Waals surface area (Å²) in [6.07, 6.45) is 0.811. The molecule has 1 amide bonds. The summed E-state index contributed by atoms with van der Waals surface area (Å²) in [5.74, 6) is -3.24. The highest BCUT2D eigenvalue weighted by atomic mass is 19.1. The first-order valence-corrected chi connectivity index (χ1v) is 7.00. The number of carbonyl (C=O) groups excluding carboxylic acids is 1. The minimum atomic E-state index is -1.08. The molecule has 1 aliphatic rings. The quantitative estimate of drug-likeness (QED) is 0.906. The molecular weight excluding hydrogens is 291 g/mol. The predicted molar refractivity (Wildman–Crippen MR) is 75.9 cm³/mol. The second kappa shape index (κ2) is 5.90. The maximum atomic E-state index is 13.9. The molecule has 2 heterocycles. The molecule has 0 radical (unpaired) electrons. The molecule has 0 aliphatic carbocycles. The van der Waals surface area contributed by atoms with Crippen molar-refractivity contribution in [3.05, 3.63) is 29.8 Å². The average Bonchev–Trinajstić information content (AvgIpc) is 2.82. The zero-order chi connectivity index (χ0) is 16.5. The minimum Gasteiger partial charge on any atom is -0.481 e. The van der Waals surface area contributed by atoms with Crippen LogP contribution in [-0.2, 0) is 9.53 Å². The molecule has 1 N–H and O–H groups in total. The Bertz CT molecular complexity index is 585. The summed E-state index contributed by atoms with van der Waals surface area (Å²) in [5, 5.41) is 9.34. The van der Waals surface area contributed by atoms with Crippen LogP contribution in [0.2, 0.25) is 0 Å². The Hall–Kier alpha value is -2.18. The SMILES string of the molecule is CC(C)(C)OC(=O)N1CC(C(=O)O)C(c2ncccc2F)C1. The van der Waals surface area contributed by atoms with Gasteiger partial charge in [0, 0.05) is 25.2 Å². The third kappa shape index (κ3) is 3.52. The molecule has 2 unspecified atom stereocenters. The number of carboxylic acid groups (broad SMARTS) is 1. The van der Waals surface area contributed by atoms with E-state index in [1.54, 1.807) is 20.8 Å². The summed E-state index contributed by atoms with van der Waals surface area (Å²) in [7, 11) is 0. The molecule has 120 valence electrons. The lowest BCUT2D eigenvalue weighted by Crippen LogP contribution is -2.35. The van der Waals surface area contributed by atoms with Gasteiger partial charge in [0.05, 0.1) is 11.6 Å². The topological polar surface area (TPSA) is 79.7 Å². The normalized spacial score (nSPS) is 21.7. The van der Waals surface area contributed by atoms with Crippen molar-refractivity contribution in [3.8, 4) is 0 Å². The molecule has 0 saturated carbocycles. The van der Waals surface area contributed by atoms with Gasteiger partial charge in [-0.15, -0.1) is 0 Å². The van der Waals surface area contributed by atoms with Gasteiger partial charge in [-0.05, 0) is 32.9 Å². The van der Waals surface area contributed by atoms with Gasteiger partial charge in [-0.1, -0.05) is 0 Å². The van der Waals surface area contributed by atoms with Gasteiger partial charge >= 0.3 is 12.1 Å². The molecule has 1 aromatic heterocycles. The first-order valence-electron chi connectivity index (χ1n) is 7.00. The van der Waals surface area contributed by atoms with Crippen LogP contribution in [0, 0.1) is 11.7 Å². The lowest BCUT2D eigenvalue weighted by Gasteiger charge is -2.24. The van der Waals surface area contributed by atoms with Gasteiger partial charge in [-0.25, -0.2) is 9.18 Å². The van der Waals surface area contributed by atoms with Gasteiger partial charge in [0.2, 0.25) is 0 Å². The third-order valence-corrected chi connectivity index (χ3v) is 3.43. The van der Waals surface area contributed by atoms with E-state index in [4.69, 9.17) is 4.74 Å². The summed E-state index contributed by atoms with van der Waals surface area (Å²) in [6, 6.07) is 2.67. The van der Waals surface area contributed by atoms with Crippen molar-refractivity contribution in [1.29, 1.82) is 0 Å². The van der Waals surface area contributed by atoms with Crippen LogP contribution >= 0.6 is 0 Å². The van der Waals surface area contributed by atoms with Gasteiger partial charge in [0.1, 0.15) is 11.4 Å². The van der Waals surface area contributed by atoms with Crippen LogP contribution in [0.1, 0.15) is 32.4 Å². The van der Waals surface area contributed by atoms with Gasteiger partial charge in [0.25, 0.3) is 0 Å². The zero-order valence-electron chi connectivity index (χ0n) is 12.7. The van der Waals surface area contributed by atoms with Crippen LogP contribution in [0.3, 0.4) is 0 Å². The molecule has 7 heteroatoms. The Balaban J connectivity index is 2.22. The number of aliphatic carboxylic acids is 1. The van der Waals surface area contributed by atoms with E-state index < -0.39 is 35.3 Å². The molecule has 1 aromatic rings. The number of likely N-dealkylation sites (tertiary alicyclic amines) is 1. The minimum absolute atomic E-state index is 0.0229. The lowest BCUT2D eigenvalue weighted by molar-refractivity contribution is -0.141. The first-order chi connectivity index (χ1) is 10.2. The fourth-order valence-electron chi connectivity index (χ4n) is 2.48. The number of ether oxygens (including phenoxy) is 1. The first kappa shape index (κ1) is 16.2. The van der Waals surface area contributed by atoms with Crippen molar-refractivity contribution in [1.82, 2.24) is 9.88 Å². The van der Waals surface area contributed by atoms with E-state index in [0.717, 1.165) is 0 Å². The molecule has 1 fully saturated rings. The smallest absolute Gasteiger partial charge is 0.410 e. The Morgan fingerprint density at radius 2 is 2.09 bits per heavy atom. The average molecular weight is 310 g/mol. The fourth-order valence-corrected chi connectivity index (χ4v) is 2.48. The summed E-state index contributed by atoms with van der Waals surface area (Å²) in [6.45, 7) is 5.23. The number of hydrogen-bond donors (Lipinski definition) is 1. The highest BCUT2D eigenvalue weighted by Crippen LogP contribution is 2.33. The largest absolute Gasteiger partial charge is 0.481 e. The van der Waals surface area contributed by atoms with E-state index in [1.165, 1.54) is 23.2 Å². The molecule has 0 aromatic carbocycles. The van der Waals surface area contributed by atoms with Crippen molar-refractivity contribution < 1.29 is 23.8 Å². The van der Waals surface area contributed by atoms with E-state index in [0.29, 0.717) is 0 Å². The zero-order valence-corrected chi connectivity index (χ0v) is 12.7. The maximum Gasteiger partial charge on any atom is 0.410 e. The summed E-state index contributed by atoms with van der Waals surface area (Å²) in [5.41, 5.74) is -0.606. The monoisotopic (exact) mass is 310 g/mol. The molecule has 2 rings (SSSR count). The molecule has 1 aliphatic heterocycles. The van der Waals surface area contributed by atoms with Crippen molar-refractivity contribution in [2.24, 2.45) is 5.92 Å². The Morgan fingerprint density at radius 3 is 2.64 bits per heavy atom. The third-order valence-electron chi connectivity index (χ3n) is 3.43. The Labute approximate surface area is 127 Å². The molecule has 0 spiro atoms. The summed E-state index contributed by atoms with van der Waals surface area (Å²) < 4.78 is 19.1. The van der Waals surface area contributed by atoms with E-state index in [9.17, 15) is 19.1 Å². The van der Waals surface area contributed by atoms with Gasteiger partial charge in [-0.3, -0.25) is 9.78 Å². The van der Waals surface area contributed by atoms with E-state index in [1.807, 2.05) is 0 Å². The molecule has 1 saturated heterocycles. The van der Waals surface area contributed by atoms with Crippen LogP contribution < -0.4 is 0 Å². The van der Waals surface area contributed by atoms with Gasteiger partial charge < -0.3 is 14.7 Å².